The maximum absolute atomic E-state index is 4.61. The van der Waals surface area contributed by atoms with Gasteiger partial charge in [0.05, 0.1) is 35.0 Å². The molecule has 37 heavy (non-hydrogen) atoms. The van der Waals surface area contributed by atoms with Crippen molar-refractivity contribution in [1.82, 2.24) is 35.1 Å². The largest absolute Gasteiger partial charge is 0.358 e. The fourth-order valence-electron chi connectivity index (χ4n) is 4.61. The zero-order valence-corrected chi connectivity index (χ0v) is 20.7. The summed E-state index contributed by atoms with van der Waals surface area (Å²) >= 11 is 0. The van der Waals surface area contributed by atoms with E-state index in [1.807, 2.05) is 49.3 Å². The van der Waals surface area contributed by atoms with Crippen LogP contribution in [0.3, 0.4) is 0 Å². The Kier molecular flexibility index (Phi) is 5.69. The van der Waals surface area contributed by atoms with Gasteiger partial charge in [-0.2, -0.15) is 5.10 Å². The number of H-pyrrole nitrogens is 2. The van der Waals surface area contributed by atoms with E-state index in [9.17, 15) is 0 Å². The average Bonchev–Trinajstić information content (AvgIpc) is 3.52. The summed E-state index contributed by atoms with van der Waals surface area (Å²) in [6.07, 6.45) is 13.7. The Labute approximate surface area is 214 Å². The standard InChI is InChI=1S/C29H26N8/c1-17(2)7-18(3)34-22-8-20(12-31-14-22)21-9-24-28(36-37-29(24)33-13-21)26-10-23-25(15-32-16-27(23)35-26)19-5-4-6-30-11-19/h4-6,8-17,34-35H,3,7H2,1-2H3,(H,33,36,37). The minimum Gasteiger partial charge on any atom is -0.358 e. The molecule has 3 N–H and O–H groups in total. The summed E-state index contributed by atoms with van der Waals surface area (Å²) in [6, 6.07) is 10.2. The first-order valence-electron chi connectivity index (χ1n) is 12.2. The van der Waals surface area contributed by atoms with Gasteiger partial charge in [0.15, 0.2) is 5.65 Å². The second-order valence-corrected chi connectivity index (χ2v) is 9.56. The molecule has 0 atom stereocenters. The molecule has 6 rings (SSSR count). The number of rotatable bonds is 7. The molecule has 182 valence electrons. The number of hydrogen-bond acceptors (Lipinski definition) is 6. The predicted molar refractivity (Wildman–Crippen MR) is 148 cm³/mol. The average molecular weight is 487 g/mol. The van der Waals surface area contributed by atoms with Gasteiger partial charge in [-0.05, 0) is 36.6 Å². The highest BCUT2D eigenvalue weighted by Crippen LogP contribution is 2.34. The van der Waals surface area contributed by atoms with Crippen molar-refractivity contribution in [2.75, 3.05) is 5.32 Å². The second-order valence-electron chi connectivity index (χ2n) is 9.56. The SMILES string of the molecule is C=C(CC(C)C)Nc1cncc(-c2cnc3n[nH]c(-c4cc5c(-c6cccnc6)cncc5[nH]4)c3c2)c1. The third-order valence-electron chi connectivity index (χ3n) is 6.24. The van der Waals surface area contributed by atoms with Crippen LogP contribution in [0, 0.1) is 5.92 Å². The van der Waals surface area contributed by atoms with E-state index in [2.05, 4.69) is 79.1 Å². The molecule has 0 radical (unpaired) electrons. The van der Waals surface area contributed by atoms with Crippen LogP contribution in [-0.4, -0.2) is 35.1 Å². The van der Waals surface area contributed by atoms with Gasteiger partial charge in [-0.3, -0.25) is 20.1 Å². The Balaban J connectivity index is 1.38. The Morgan fingerprint density at radius 3 is 2.59 bits per heavy atom. The molecule has 6 heterocycles. The van der Waals surface area contributed by atoms with Gasteiger partial charge in [0.1, 0.15) is 0 Å². The number of allylic oxidation sites excluding steroid dienone is 1. The van der Waals surface area contributed by atoms with Crippen LogP contribution in [0.15, 0.2) is 86.0 Å². The first-order chi connectivity index (χ1) is 18.0. The number of hydrogen-bond donors (Lipinski definition) is 3. The van der Waals surface area contributed by atoms with Crippen LogP contribution < -0.4 is 5.32 Å². The monoisotopic (exact) mass is 486 g/mol. The molecular weight excluding hydrogens is 460 g/mol. The van der Waals surface area contributed by atoms with Crippen LogP contribution >= 0.6 is 0 Å². The topological polar surface area (TPSA) is 108 Å². The summed E-state index contributed by atoms with van der Waals surface area (Å²) < 4.78 is 0. The van der Waals surface area contributed by atoms with Gasteiger partial charge in [-0.25, -0.2) is 4.98 Å². The van der Waals surface area contributed by atoms with Crippen molar-refractivity contribution >= 4 is 27.6 Å². The van der Waals surface area contributed by atoms with Crippen molar-refractivity contribution in [2.24, 2.45) is 5.92 Å². The van der Waals surface area contributed by atoms with Gasteiger partial charge in [0.2, 0.25) is 0 Å². The van der Waals surface area contributed by atoms with Crippen LogP contribution in [0.2, 0.25) is 0 Å². The van der Waals surface area contributed by atoms with Crippen LogP contribution in [0.1, 0.15) is 20.3 Å². The molecule has 0 aliphatic rings. The van der Waals surface area contributed by atoms with Crippen molar-refractivity contribution in [1.29, 1.82) is 0 Å². The fourth-order valence-corrected chi connectivity index (χ4v) is 4.61. The highest BCUT2D eigenvalue weighted by molar-refractivity contribution is 6.00. The number of pyridine rings is 4. The molecule has 6 aromatic rings. The van der Waals surface area contributed by atoms with Crippen molar-refractivity contribution in [3.8, 4) is 33.6 Å². The first kappa shape index (κ1) is 22.6. The number of anilines is 1. The van der Waals surface area contributed by atoms with Gasteiger partial charge >= 0.3 is 0 Å². The summed E-state index contributed by atoms with van der Waals surface area (Å²) in [5.41, 5.74) is 9.19. The predicted octanol–water partition coefficient (Wildman–Crippen LogP) is 6.60. The molecule has 8 heteroatoms. The van der Waals surface area contributed by atoms with E-state index in [0.29, 0.717) is 11.6 Å². The van der Waals surface area contributed by atoms with Crippen LogP contribution in [0.4, 0.5) is 5.69 Å². The lowest BCUT2D eigenvalue weighted by Crippen LogP contribution is -2.02. The lowest BCUT2D eigenvalue weighted by Gasteiger charge is -2.12. The normalized spacial score (nSPS) is 11.4. The minimum atomic E-state index is 0.531. The van der Waals surface area contributed by atoms with Crippen LogP contribution in [-0.2, 0) is 0 Å². The maximum Gasteiger partial charge on any atom is 0.181 e. The van der Waals surface area contributed by atoms with Crippen molar-refractivity contribution in [3.63, 3.8) is 0 Å². The van der Waals surface area contributed by atoms with Crippen LogP contribution in [0.5, 0.6) is 0 Å². The number of fused-ring (bicyclic) bond motifs is 2. The maximum atomic E-state index is 4.61. The van der Waals surface area contributed by atoms with Gasteiger partial charge in [-0.15, -0.1) is 0 Å². The molecule has 0 aromatic carbocycles. The van der Waals surface area contributed by atoms with Gasteiger partial charge in [0, 0.05) is 69.7 Å². The molecule has 0 aliphatic carbocycles. The van der Waals surface area contributed by atoms with Crippen molar-refractivity contribution in [2.45, 2.75) is 20.3 Å². The molecular formula is C29H26N8. The van der Waals surface area contributed by atoms with E-state index in [-0.39, 0.29) is 0 Å². The highest BCUT2D eigenvalue weighted by atomic mass is 15.2. The second kappa shape index (κ2) is 9.31. The molecule has 0 spiro atoms. The van der Waals surface area contributed by atoms with E-state index in [0.717, 1.165) is 67.7 Å². The van der Waals surface area contributed by atoms with E-state index >= 15 is 0 Å². The van der Waals surface area contributed by atoms with Gasteiger partial charge in [0.25, 0.3) is 0 Å². The smallest absolute Gasteiger partial charge is 0.181 e. The Hall–Kier alpha value is -4.85. The Morgan fingerprint density at radius 1 is 0.919 bits per heavy atom. The van der Waals surface area contributed by atoms with Gasteiger partial charge in [-0.1, -0.05) is 26.5 Å². The highest BCUT2D eigenvalue weighted by Gasteiger charge is 2.15. The number of nitrogens with one attached hydrogen (secondary N) is 3. The summed E-state index contributed by atoms with van der Waals surface area (Å²) in [5.74, 6) is 0.531. The molecule has 0 bridgehead atoms. The Morgan fingerprint density at radius 2 is 1.76 bits per heavy atom. The summed E-state index contributed by atoms with van der Waals surface area (Å²) in [4.78, 5) is 21.2. The quantitative estimate of drug-likeness (QED) is 0.235. The van der Waals surface area contributed by atoms with Crippen LogP contribution in [0.25, 0.3) is 55.6 Å². The fraction of sp³-hybridized carbons (Fsp3) is 0.138. The zero-order valence-electron chi connectivity index (χ0n) is 20.7. The first-order valence-corrected chi connectivity index (χ1v) is 12.2. The summed E-state index contributed by atoms with van der Waals surface area (Å²) in [7, 11) is 0. The van der Waals surface area contributed by atoms with E-state index in [4.69, 9.17) is 0 Å². The van der Waals surface area contributed by atoms with Gasteiger partial charge < -0.3 is 10.3 Å². The molecule has 0 aliphatic heterocycles. The Bertz CT molecular complexity index is 1730. The molecule has 0 unspecified atom stereocenters. The van der Waals surface area contributed by atoms with Crippen molar-refractivity contribution < 1.29 is 0 Å². The minimum absolute atomic E-state index is 0.531. The molecule has 0 fully saturated rings. The molecule has 0 amide bonds. The lowest BCUT2D eigenvalue weighted by atomic mass is 10.1. The number of aromatic nitrogens is 7. The van der Waals surface area contributed by atoms with E-state index in [1.54, 1.807) is 6.20 Å². The third-order valence-corrected chi connectivity index (χ3v) is 6.24. The zero-order chi connectivity index (χ0) is 25.4. The molecule has 6 aromatic heterocycles. The lowest BCUT2D eigenvalue weighted by molar-refractivity contribution is 0.645. The number of nitrogens with zero attached hydrogens (tertiary/aromatic N) is 5. The molecule has 8 nitrogen and oxygen atoms in total. The summed E-state index contributed by atoms with van der Waals surface area (Å²) in [6.45, 7) is 8.49. The third kappa shape index (κ3) is 4.45. The summed E-state index contributed by atoms with van der Waals surface area (Å²) in [5, 5.41) is 13.0. The molecule has 0 saturated carbocycles. The number of aromatic amines is 2. The van der Waals surface area contributed by atoms with E-state index < -0.39 is 0 Å². The molecule has 0 saturated heterocycles. The van der Waals surface area contributed by atoms with Crippen molar-refractivity contribution in [3.05, 3.63) is 86.0 Å². The van der Waals surface area contributed by atoms with E-state index in [1.165, 1.54) is 0 Å².